The summed E-state index contributed by atoms with van der Waals surface area (Å²) in [7, 11) is -3.81. The van der Waals surface area contributed by atoms with E-state index in [0.717, 1.165) is 15.8 Å². The molecule has 1 unspecified atom stereocenters. The van der Waals surface area contributed by atoms with Crippen molar-refractivity contribution < 1.29 is 22.7 Å². The van der Waals surface area contributed by atoms with Gasteiger partial charge in [0.15, 0.2) is 11.5 Å². The van der Waals surface area contributed by atoms with Crippen molar-refractivity contribution in [1.29, 1.82) is 0 Å². The number of fused-ring (bicyclic) bond motifs is 2. The Kier molecular flexibility index (Phi) is 5.47. The first-order chi connectivity index (χ1) is 17.3. The van der Waals surface area contributed by atoms with E-state index < -0.39 is 22.0 Å². The van der Waals surface area contributed by atoms with Gasteiger partial charge in [0.2, 0.25) is 27.9 Å². The lowest BCUT2D eigenvalue weighted by Gasteiger charge is -2.23. The molecule has 0 radical (unpaired) electrons. The van der Waals surface area contributed by atoms with Crippen LogP contribution in [0, 0.1) is 13.8 Å². The van der Waals surface area contributed by atoms with Crippen LogP contribution in [0.4, 0.5) is 5.82 Å². The van der Waals surface area contributed by atoms with Gasteiger partial charge in [0, 0.05) is 24.7 Å². The molecule has 6 rings (SSSR count). The van der Waals surface area contributed by atoms with Crippen LogP contribution in [0.25, 0.3) is 15.3 Å². The Morgan fingerprint density at radius 2 is 1.86 bits per heavy atom. The van der Waals surface area contributed by atoms with Crippen molar-refractivity contribution >= 4 is 43.3 Å². The molecule has 1 N–H and O–H groups in total. The van der Waals surface area contributed by atoms with Gasteiger partial charge in [0.25, 0.3) is 0 Å². The molecule has 36 heavy (non-hydrogen) atoms. The molecule has 4 aromatic rings. The summed E-state index contributed by atoms with van der Waals surface area (Å²) >= 11 is 1.40. The second-order valence-corrected chi connectivity index (χ2v) is 11.7. The Balaban J connectivity index is 1.28. The van der Waals surface area contributed by atoms with Gasteiger partial charge in [0.05, 0.1) is 20.8 Å². The summed E-state index contributed by atoms with van der Waals surface area (Å²) in [6.45, 7) is 4.19. The summed E-state index contributed by atoms with van der Waals surface area (Å²) in [4.78, 5) is 18.2. The van der Waals surface area contributed by atoms with E-state index in [0.29, 0.717) is 47.5 Å². The molecular weight excluding hydrogens is 502 g/mol. The zero-order valence-electron chi connectivity index (χ0n) is 19.6. The van der Waals surface area contributed by atoms with Gasteiger partial charge in [0.1, 0.15) is 11.9 Å². The van der Waals surface area contributed by atoms with Crippen LogP contribution in [0.5, 0.6) is 11.5 Å². The third kappa shape index (κ3) is 3.91. The Labute approximate surface area is 211 Å². The van der Waals surface area contributed by atoms with E-state index in [-0.39, 0.29) is 11.7 Å². The fraction of sp³-hybridized carbons (Fsp3) is 0.292. The van der Waals surface area contributed by atoms with Gasteiger partial charge in [-0.15, -0.1) is 0 Å². The second-order valence-electron chi connectivity index (χ2n) is 8.83. The highest BCUT2D eigenvalue weighted by Crippen LogP contribution is 2.39. The smallest absolute Gasteiger partial charge is 0.243 e. The van der Waals surface area contributed by atoms with Crippen LogP contribution in [0.3, 0.4) is 0 Å². The molecule has 2 aromatic heterocycles. The number of benzene rings is 2. The fourth-order valence-electron chi connectivity index (χ4n) is 4.48. The molecule has 0 aliphatic carbocycles. The molecule has 0 spiro atoms. The molecule has 2 aliphatic rings. The number of nitrogens with one attached hydrogen (secondary N) is 1. The Morgan fingerprint density at radius 1 is 1.11 bits per heavy atom. The first kappa shape index (κ1) is 23.0. The minimum Gasteiger partial charge on any atom is -0.454 e. The normalized spacial score (nSPS) is 17.7. The summed E-state index contributed by atoms with van der Waals surface area (Å²) in [5, 5.41) is 7.97. The Bertz CT molecular complexity index is 1550. The van der Waals surface area contributed by atoms with Gasteiger partial charge >= 0.3 is 0 Å². The molecule has 1 saturated heterocycles. The standard InChI is InChI=1S/C24H23N5O5S2/c1-14-5-7-16(8-6-14)36(31,32)28-9-3-4-18(28)23(30)26-22-10-15(2)27-29(22)24-25-17-11-19-20(34-13-33-19)12-21(17)35-24/h5-8,10-12,18H,3-4,9,13H2,1-2H3,(H,26,30). The van der Waals surface area contributed by atoms with E-state index in [1.807, 2.05) is 26.0 Å². The number of ether oxygens (including phenoxy) is 2. The van der Waals surface area contributed by atoms with Gasteiger partial charge in [-0.1, -0.05) is 29.0 Å². The monoisotopic (exact) mass is 525 g/mol. The van der Waals surface area contributed by atoms with Gasteiger partial charge in [-0.25, -0.2) is 13.4 Å². The van der Waals surface area contributed by atoms with E-state index in [9.17, 15) is 13.2 Å². The van der Waals surface area contributed by atoms with E-state index in [1.165, 1.54) is 15.6 Å². The van der Waals surface area contributed by atoms with Crippen molar-refractivity contribution in [3.63, 3.8) is 0 Å². The predicted molar refractivity (Wildman–Crippen MR) is 134 cm³/mol. The highest BCUT2D eigenvalue weighted by molar-refractivity contribution is 7.89. The molecule has 12 heteroatoms. The lowest BCUT2D eigenvalue weighted by atomic mass is 10.2. The number of hydrogen-bond acceptors (Lipinski definition) is 8. The van der Waals surface area contributed by atoms with E-state index in [1.54, 1.807) is 35.0 Å². The zero-order chi connectivity index (χ0) is 25.0. The van der Waals surface area contributed by atoms with E-state index >= 15 is 0 Å². The van der Waals surface area contributed by atoms with Gasteiger partial charge < -0.3 is 14.8 Å². The highest BCUT2D eigenvalue weighted by atomic mass is 32.2. The third-order valence-electron chi connectivity index (χ3n) is 6.27. The maximum Gasteiger partial charge on any atom is 0.243 e. The zero-order valence-corrected chi connectivity index (χ0v) is 21.2. The van der Waals surface area contributed by atoms with Crippen molar-refractivity contribution in [2.45, 2.75) is 37.6 Å². The number of amides is 1. The third-order valence-corrected chi connectivity index (χ3v) is 9.19. The Hall–Kier alpha value is -3.48. The largest absolute Gasteiger partial charge is 0.454 e. The van der Waals surface area contributed by atoms with Crippen LogP contribution >= 0.6 is 11.3 Å². The molecule has 186 valence electrons. The Morgan fingerprint density at radius 3 is 2.64 bits per heavy atom. The van der Waals surface area contributed by atoms with Crippen LogP contribution in [-0.2, 0) is 14.8 Å². The number of thiazole rings is 1. The number of carbonyl (C=O) groups is 1. The summed E-state index contributed by atoms with van der Waals surface area (Å²) < 4.78 is 41.2. The average molecular weight is 526 g/mol. The van der Waals surface area contributed by atoms with Crippen LogP contribution in [0.1, 0.15) is 24.1 Å². The highest BCUT2D eigenvalue weighted by Gasteiger charge is 2.39. The van der Waals surface area contributed by atoms with Crippen LogP contribution in [-0.4, -0.2) is 52.8 Å². The number of aromatic nitrogens is 3. The SMILES string of the molecule is Cc1ccc(S(=O)(=O)N2CCCC2C(=O)Nc2cc(C)nn2-c2nc3cc4c(cc3s2)OCO4)cc1. The van der Waals surface area contributed by atoms with Crippen LogP contribution < -0.4 is 14.8 Å². The van der Waals surface area contributed by atoms with Gasteiger partial charge in [-0.2, -0.15) is 14.1 Å². The summed E-state index contributed by atoms with van der Waals surface area (Å²) in [6, 6.07) is 11.3. The number of rotatable bonds is 5. The topological polar surface area (TPSA) is 116 Å². The van der Waals surface area contributed by atoms with Gasteiger partial charge in [-0.3, -0.25) is 4.79 Å². The maximum absolute atomic E-state index is 13.3. The van der Waals surface area contributed by atoms with Crippen molar-refractivity contribution in [3.05, 3.63) is 53.7 Å². The summed E-state index contributed by atoms with van der Waals surface area (Å²) in [5.41, 5.74) is 2.39. The minimum atomic E-state index is -3.81. The fourth-order valence-corrected chi connectivity index (χ4v) is 7.07. The molecule has 2 aromatic carbocycles. The average Bonchev–Trinajstić information content (AvgIpc) is 3.63. The number of hydrogen-bond donors (Lipinski definition) is 1. The van der Waals surface area contributed by atoms with E-state index in [4.69, 9.17) is 9.47 Å². The second kappa shape index (κ2) is 8.57. The first-order valence-electron chi connectivity index (χ1n) is 11.5. The number of sulfonamides is 1. The molecule has 10 nitrogen and oxygen atoms in total. The van der Waals surface area contributed by atoms with Crippen LogP contribution in [0.15, 0.2) is 47.4 Å². The molecule has 1 amide bonds. The summed E-state index contributed by atoms with van der Waals surface area (Å²) in [5.74, 6) is 1.34. The van der Waals surface area contributed by atoms with Crippen LogP contribution in [0.2, 0.25) is 0 Å². The maximum atomic E-state index is 13.3. The molecule has 4 heterocycles. The quantitative estimate of drug-likeness (QED) is 0.423. The first-order valence-corrected chi connectivity index (χ1v) is 13.7. The lowest BCUT2D eigenvalue weighted by molar-refractivity contribution is -0.119. The van der Waals surface area contributed by atoms with E-state index in [2.05, 4.69) is 15.4 Å². The molecular formula is C24H23N5O5S2. The molecule has 1 fully saturated rings. The number of aryl methyl sites for hydroxylation is 2. The van der Waals surface area contributed by atoms with Gasteiger partial charge in [-0.05, 0) is 38.8 Å². The minimum absolute atomic E-state index is 0.183. The van der Waals surface area contributed by atoms with Crippen molar-refractivity contribution in [2.75, 3.05) is 18.7 Å². The van der Waals surface area contributed by atoms with Crippen molar-refractivity contribution in [1.82, 2.24) is 19.1 Å². The molecule has 1 atom stereocenters. The lowest BCUT2D eigenvalue weighted by Crippen LogP contribution is -2.43. The molecule has 2 aliphatic heterocycles. The number of anilines is 1. The molecule has 0 saturated carbocycles. The summed E-state index contributed by atoms with van der Waals surface area (Å²) in [6.07, 6.45) is 1.05. The number of nitrogens with zero attached hydrogens (tertiary/aromatic N) is 4. The molecule has 0 bridgehead atoms. The predicted octanol–water partition coefficient (Wildman–Crippen LogP) is 3.62. The van der Waals surface area contributed by atoms with Crippen molar-refractivity contribution in [3.8, 4) is 16.6 Å². The van der Waals surface area contributed by atoms with Crippen molar-refractivity contribution in [2.24, 2.45) is 0 Å². The number of carbonyl (C=O) groups excluding carboxylic acids is 1.